The molecule has 3 rings (SSSR count). The molecule has 0 bridgehead atoms. The Hall–Kier alpha value is -3.34. The van der Waals surface area contributed by atoms with Gasteiger partial charge in [0.1, 0.15) is 5.75 Å². The van der Waals surface area contributed by atoms with Crippen molar-refractivity contribution in [1.82, 2.24) is 9.47 Å². The van der Waals surface area contributed by atoms with E-state index in [4.69, 9.17) is 4.74 Å². The van der Waals surface area contributed by atoms with Gasteiger partial charge in [0, 0.05) is 24.4 Å². The molecule has 0 spiro atoms. The minimum atomic E-state index is -0.403. The summed E-state index contributed by atoms with van der Waals surface area (Å²) in [6.45, 7) is 8.66. The summed E-state index contributed by atoms with van der Waals surface area (Å²) in [4.78, 5) is 28.9. The van der Waals surface area contributed by atoms with E-state index in [-0.39, 0.29) is 17.9 Å². The molecule has 1 atom stereocenters. The van der Waals surface area contributed by atoms with E-state index in [2.05, 4.69) is 20.8 Å². The van der Waals surface area contributed by atoms with Gasteiger partial charge in [0.2, 0.25) is 5.91 Å². The van der Waals surface area contributed by atoms with E-state index in [0.29, 0.717) is 12.1 Å². The van der Waals surface area contributed by atoms with E-state index in [1.54, 1.807) is 30.1 Å². The first-order valence-electron chi connectivity index (χ1n) is 12.1. The van der Waals surface area contributed by atoms with E-state index in [1.165, 1.54) is 0 Å². The number of carbonyl (C=O) groups is 2. The van der Waals surface area contributed by atoms with Crippen LogP contribution in [0.15, 0.2) is 73.1 Å². The minimum absolute atomic E-state index is 0.0527. The first kappa shape index (κ1) is 25.3. The standard InChI is InChI=1S/C29H36N2O3/c1-6-29(7-2,8-3)28(33)30-19-18-25(21-30)27(32)31(20-23-12-10-9-11-13-23)22(4)24-14-16-26(34-5)17-15-24/h9-19,21-22H,6-8,20H2,1-5H3/t22-/m0/s1. The molecule has 2 aromatic carbocycles. The molecular formula is C29H36N2O3. The van der Waals surface area contributed by atoms with Crippen LogP contribution in [0.1, 0.15) is 79.3 Å². The highest BCUT2D eigenvalue weighted by molar-refractivity contribution is 5.96. The van der Waals surface area contributed by atoms with Gasteiger partial charge in [-0.25, -0.2) is 0 Å². The monoisotopic (exact) mass is 460 g/mol. The summed E-state index contributed by atoms with van der Waals surface area (Å²) in [6.07, 6.45) is 5.74. The van der Waals surface area contributed by atoms with Crippen LogP contribution in [0.5, 0.6) is 5.75 Å². The van der Waals surface area contributed by atoms with Gasteiger partial charge in [-0.15, -0.1) is 0 Å². The van der Waals surface area contributed by atoms with Gasteiger partial charge < -0.3 is 9.64 Å². The van der Waals surface area contributed by atoms with Crippen molar-refractivity contribution in [3.63, 3.8) is 0 Å². The Labute approximate surface area is 203 Å². The van der Waals surface area contributed by atoms with E-state index in [0.717, 1.165) is 36.1 Å². The number of benzene rings is 2. The van der Waals surface area contributed by atoms with E-state index in [1.807, 2.05) is 66.4 Å². The molecule has 34 heavy (non-hydrogen) atoms. The van der Waals surface area contributed by atoms with Crippen LogP contribution in [0.3, 0.4) is 0 Å². The summed E-state index contributed by atoms with van der Waals surface area (Å²) in [6, 6.07) is 19.3. The first-order chi connectivity index (χ1) is 16.4. The maximum Gasteiger partial charge on any atom is 0.256 e. The number of amides is 1. The van der Waals surface area contributed by atoms with E-state index < -0.39 is 5.41 Å². The van der Waals surface area contributed by atoms with Crippen LogP contribution in [0.25, 0.3) is 0 Å². The third kappa shape index (κ3) is 5.24. The molecule has 3 aromatic rings. The smallest absolute Gasteiger partial charge is 0.256 e. The molecule has 0 aliphatic carbocycles. The Morgan fingerprint density at radius 3 is 2.12 bits per heavy atom. The van der Waals surface area contributed by atoms with Gasteiger partial charge in [-0.3, -0.25) is 14.2 Å². The summed E-state index contributed by atoms with van der Waals surface area (Å²) >= 11 is 0. The Kier molecular flexibility index (Phi) is 8.32. The van der Waals surface area contributed by atoms with Gasteiger partial charge in [-0.1, -0.05) is 63.2 Å². The van der Waals surface area contributed by atoms with Gasteiger partial charge in [0.15, 0.2) is 0 Å². The van der Waals surface area contributed by atoms with Crippen molar-refractivity contribution in [2.24, 2.45) is 5.41 Å². The van der Waals surface area contributed by atoms with Crippen LogP contribution in [0.2, 0.25) is 0 Å². The highest BCUT2D eigenvalue weighted by atomic mass is 16.5. The zero-order valence-corrected chi connectivity index (χ0v) is 21.0. The molecule has 0 aliphatic rings. The molecule has 0 fully saturated rings. The van der Waals surface area contributed by atoms with E-state index >= 15 is 0 Å². The van der Waals surface area contributed by atoms with Crippen LogP contribution in [0.4, 0.5) is 0 Å². The number of hydrogen-bond acceptors (Lipinski definition) is 3. The van der Waals surface area contributed by atoms with Crippen LogP contribution < -0.4 is 4.74 Å². The zero-order chi connectivity index (χ0) is 24.7. The number of nitrogens with zero attached hydrogens (tertiary/aromatic N) is 2. The second kappa shape index (κ2) is 11.2. The van der Waals surface area contributed by atoms with Crippen molar-refractivity contribution in [3.05, 3.63) is 89.7 Å². The molecule has 0 saturated heterocycles. The number of carbonyl (C=O) groups excluding carboxylic acids is 2. The van der Waals surface area contributed by atoms with Crippen molar-refractivity contribution >= 4 is 11.8 Å². The highest BCUT2D eigenvalue weighted by Gasteiger charge is 2.34. The fourth-order valence-electron chi connectivity index (χ4n) is 4.52. The lowest BCUT2D eigenvalue weighted by Gasteiger charge is -2.30. The molecule has 0 N–H and O–H groups in total. The number of aromatic nitrogens is 1. The van der Waals surface area contributed by atoms with Crippen molar-refractivity contribution in [3.8, 4) is 5.75 Å². The molecule has 1 heterocycles. The average Bonchev–Trinajstić information content (AvgIpc) is 3.39. The van der Waals surface area contributed by atoms with E-state index in [9.17, 15) is 9.59 Å². The molecule has 1 amide bonds. The number of methoxy groups -OCH3 is 1. The number of rotatable bonds is 10. The Balaban J connectivity index is 1.93. The molecule has 0 saturated carbocycles. The fourth-order valence-corrected chi connectivity index (χ4v) is 4.52. The normalized spacial score (nSPS) is 12.3. The Morgan fingerprint density at radius 2 is 1.56 bits per heavy atom. The maximum atomic E-state index is 13.8. The number of hydrogen-bond donors (Lipinski definition) is 0. The van der Waals surface area contributed by atoms with Crippen molar-refractivity contribution < 1.29 is 14.3 Å². The van der Waals surface area contributed by atoms with Crippen molar-refractivity contribution in [2.75, 3.05) is 7.11 Å². The molecule has 5 nitrogen and oxygen atoms in total. The lowest BCUT2D eigenvalue weighted by Crippen LogP contribution is -2.34. The summed E-state index contributed by atoms with van der Waals surface area (Å²) in [5, 5.41) is 0. The Bertz CT molecular complexity index is 1070. The van der Waals surface area contributed by atoms with Gasteiger partial charge in [-0.2, -0.15) is 0 Å². The van der Waals surface area contributed by atoms with Crippen LogP contribution in [-0.2, 0) is 6.54 Å². The molecule has 5 heteroatoms. The first-order valence-corrected chi connectivity index (χ1v) is 12.1. The highest BCUT2D eigenvalue weighted by Crippen LogP contribution is 2.33. The van der Waals surface area contributed by atoms with Gasteiger partial charge >= 0.3 is 0 Å². The van der Waals surface area contributed by atoms with Gasteiger partial charge in [0.05, 0.1) is 18.7 Å². The lowest BCUT2D eigenvalue weighted by molar-refractivity contribution is 0.0666. The summed E-state index contributed by atoms with van der Waals surface area (Å²) in [5.41, 5.74) is 2.18. The largest absolute Gasteiger partial charge is 0.497 e. The predicted octanol–water partition coefficient (Wildman–Crippen LogP) is 6.76. The predicted molar refractivity (Wildman–Crippen MR) is 136 cm³/mol. The molecular weight excluding hydrogens is 424 g/mol. The number of ether oxygens (including phenoxy) is 1. The van der Waals surface area contributed by atoms with Crippen LogP contribution in [0, 0.1) is 5.41 Å². The lowest BCUT2D eigenvalue weighted by atomic mass is 9.79. The second-order valence-corrected chi connectivity index (χ2v) is 8.82. The minimum Gasteiger partial charge on any atom is -0.497 e. The van der Waals surface area contributed by atoms with Gasteiger partial charge in [-0.05, 0) is 55.5 Å². The summed E-state index contributed by atoms with van der Waals surface area (Å²) in [7, 11) is 1.64. The molecule has 0 aliphatic heterocycles. The quantitative estimate of drug-likeness (QED) is 0.336. The average molecular weight is 461 g/mol. The van der Waals surface area contributed by atoms with Crippen molar-refractivity contribution in [1.29, 1.82) is 0 Å². The van der Waals surface area contributed by atoms with Crippen LogP contribution in [-0.4, -0.2) is 28.4 Å². The fraction of sp³-hybridized carbons (Fsp3) is 0.379. The Morgan fingerprint density at radius 1 is 0.941 bits per heavy atom. The SMILES string of the molecule is CCC(CC)(CC)C(=O)n1ccc(C(=O)N(Cc2ccccc2)[C@@H](C)c2ccc(OC)cc2)c1. The van der Waals surface area contributed by atoms with Crippen molar-refractivity contribution in [2.45, 2.75) is 59.5 Å². The summed E-state index contributed by atoms with van der Waals surface area (Å²) in [5.74, 6) is 0.726. The maximum absolute atomic E-state index is 13.8. The third-order valence-corrected chi connectivity index (χ3v) is 7.18. The van der Waals surface area contributed by atoms with Crippen LogP contribution >= 0.6 is 0 Å². The molecule has 0 unspecified atom stereocenters. The third-order valence-electron chi connectivity index (χ3n) is 7.18. The molecule has 180 valence electrons. The second-order valence-electron chi connectivity index (χ2n) is 8.82. The molecule has 1 aromatic heterocycles. The molecule has 0 radical (unpaired) electrons. The summed E-state index contributed by atoms with van der Waals surface area (Å²) < 4.78 is 6.89. The topological polar surface area (TPSA) is 51.5 Å². The zero-order valence-electron chi connectivity index (χ0n) is 21.0. The van der Waals surface area contributed by atoms with Gasteiger partial charge in [0.25, 0.3) is 5.91 Å².